The van der Waals surface area contributed by atoms with Crippen LogP contribution in [-0.4, -0.2) is 58.0 Å². The van der Waals surface area contributed by atoms with Crippen molar-refractivity contribution in [3.05, 3.63) is 22.5 Å². The van der Waals surface area contributed by atoms with Gasteiger partial charge in [0, 0.05) is 53.7 Å². The van der Waals surface area contributed by atoms with Crippen molar-refractivity contribution < 1.29 is 9.18 Å². The number of carbonyl (C=O) groups excluding carboxylic acids is 1. The number of allylic oxidation sites excluding steroid dienone is 3. The number of carbonyl (C=O) groups is 1. The maximum Gasteiger partial charge on any atom is 0.229 e. The van der Waals surface area contributed by atoms with Crippen LogP contribution < -0.4 is 21.3 Å². The average molecular weight is 582 g/mol. The van der Waals surface area contributed by atoms with Gasteiger partial charge in [0.1, 0.15) is 5.83 Å². The summed E-state index contributed by atoms with van der Waals surface area (Å²) in [5, 5.41) is 13.7. The predicted molar refractivity (Wildman–Crippen MR) is 162 cm³/mol. The summed E-state index contributed by atoms with van der Waals surface area (Å²) in [4.78, 5) is 25.9. The fourth-order valence-corrected chi connectivity index (χ4v) is 6.44. The highest BCUT2D eigenvalue weighted by Gasteiger charge is 2.26. The first-order valence-corrected chi connectivity index (χ1v) is 16.1. The number of amides is 1. The molecule has 2 fully saturated rings. The molecule has 4 N–H and O–H groups in total. The van der Waals surface area contributed by atoms with Crippen LogP contribution in [-0.2, 0) is 4.79 Å². The van der Waals surface area contributed by atoms with Gasteiger partial charge in [-0.3, -0.25) is 4.79 Å². The summed E-state index contributed by atoms with van der Waals surface area (Å²) in [6.45, 7) is 4.64. The fraction of sp³-hybridized carbons (Fsp3) is 0.714. The largest absolute Gasteiger partial charge is 0.359 e. The van der Waals surface area contributed by atoms with E-state index in [1.165, 1.54) is 19.3 Å². The van der Waals surface area contributed by atoms with E-state index < -0.39 is 0 Å². The molecule has 3 aliphatic carbocycles. The summed E-state index contributed by atoms with van der Waals surface area (Å²) in [5.41, 5.74) is 0.620. The van der Waals surface area contributed by atoms with E-state index in [9.17, 15) is 9.18 Å². The van der Waals surface area contributed by atoms with Gasteiger partial charge in [0.25, 0.3) is 0 Å². The third-order valence-electron chi connectivity index (χ3n) is 7.33. The first kappa shape index (κ1) is 31.5. The smallest absolute Gasteiger partial charge is 0.229 e. The van der Waals surface area contributed by atoms with Crippen LogP contribution >= 0.6 is 23.4 Å². The lowest BCUT2D eigenvalue weighted by Crippen LogP contribution is -2.34. The molecule has 0 bridgehead atoms. The average Bonchev–Trinajstić information content (AvgIpc) is 2.96. The van der Waals surface area contributed by atoms with Crippen LogP contribution in [0.25, 0.3) is 0 Å². The molecule has 1 aromatic heterocycles. The second kappa shape index (κ2) is 16.9. The number of hydrogen-bond donors (Lipinski definition) is 4. The molecule has 0 atom stereocenters. The number of hydrogen-bond acceptors (Lipinski definition) is 8. The summed E-state index contributed by atoms with van der Waals surface area (Å²) in [7, 11) is 1.70. The molecule has 0 aliphatic heterocycles. The van der Waals surface area contributed by atoms with Gasteiger partial charge in [-0.05, 0) is 57.4 Å². The molecular weight excluding hydrogens is 537 g/mol. The Bertz CT molecular complexity index is 979. The van der Waals surface area contributed by atoms with Crippen molar-refractivity contribution in [2.24, 2.45) is 5.92 Å². The molecule has 0 spiro atoms. The standard InChI is InChI=1S/C26H39ClFN7OS.C2H6/c1-29-23(36)17-10-12-19(13-11-17)32-26-34-24(33-25(35-26)31-18-6-3-2-4-7-18)30-14-15-37-16-20-21(27)8-5-9-22(20)28;1-2/h9,17-19H,2-8,10-16H2,1H3,(H,29,36)(H3,30,31,32,33,34,35);1-2H3. The number of thioether (sulfide) groups is 1. The van der Waals surface area contributed by atoms with Gasteiger partial charge in [-0.1, -0.05) is 44.7 Å². The molecule has 39 heavy (non-hydrogen) atoms. The van der Waals surface area contributed by atoms with E-state index in [-0.39, 0.29) is 23.7 Å². The Kier molecular flexibility index (Phi) is 13.6. The van der Waals surface area contributed by atoms with Crippen molar-refractivity contribution in [2.45, 2.75) is 96.6 Å². The number of nitrogens with one attached hydrogen (secondary N) is 4. The van der Waals surface area contributed by atoms with Gasteiger partial charge >= 0.3 is 0 Å². The van der Waals surface area contributed by atoms with E-state index in [4.69, 9.17) is 11.6 Å². The minimum Gasteiger partial charge on any atom is -0.359 e. The maximum absolute atomic E-state index is 14.1. The second-order valence-electron chi connectivity index (χ2n) is 10.0. The quantitative estimate of drug-likeness (QED) is 0.215. The molecule has 0 aromatic carbocycles. The Morgan fingerprint density at radius 2 is 1.59 bits per heavy atom. The minimum atomic E-state index is -0.187. The van der Waals surface area contributed by atoms with Crippen LogP contribution in [0.15, 0.2) is 22.5 Å². The first-order valence-electron chi connectivity index (χ1n) is 14.6. The predicted octanol–water partition coefficient (Wildman–Crippen LogP) is 6.64. The highest BCUT2D eigenvalue weighted by Crippen LogP contribution is 2.31. The highest BCUT2D eigenvalue weighted by molar-refractivity contribution is 7.99. The van der Waals surface area contributed by atoms with Crippen LogP contribution in [0.4, 0.5) is 22.2 Å². The number of anilines is 3. The molecule has 8 nitrogen and oxygen atoms in total. The van der Waals surface area contributed by atoms with Gasteiger partial charge in [-0.2, -0.15) is 26.7 Å². The molecule has 1 aromatic rings. The molecule has 3 aliphatic rings. The van der Waals surface area contributed by atoms with E-state index in [0.717, 1.165) is 44.3 Å². The summed E-state index contributed by atoms with van der Waals surface area (Å²) in [6, 6.07) is 0.609. The molecular formula is C28H45ClFN7OS. The van der Waals surface area contributed by atoms with Gasteiger partial charge < -0.3 is 21.3 Å². The lowest BCUT2D eigenvalue weighted by molar-refractivity contribution is -0.125. The highest BCUT2D eigenvalue weighted by atomic mass is 35.5. The van der Waals surface area contributed by atoms with Crippen molar-refractivity contribution in [3.63, 3.8) is 0 Å². The van der Waals surface area contributed by atoms with Crippen LogP contribution in [0.3, 0.4) is 0 Å². The van der Waals surface area contributed by atoms with Crippen molar-refractivity contribution in [2.75, 3.05) is 41.0 Å². The van der Waals surface area contributed by atoms with E-state index >= 15 is 0 Å². The molecule has 1 heterocycles. The van der Waals surface area contributed by atoms with Crippen LogP contribution in [0, 0.1) is 5.92 Å². The number of nitrogens with zero attached hydrogens (tertiary/aromatic N) is 3. The summed E-state index contributed by atoms with van der Waals surface area (Å²) in [5.74, 6) is 3.02. The van der Waals surface area contributed by atoms with Crippen LogP contribution in [0.1, 0.15) is 84.5 Å². The van der Waals surface area contributed by atoms with Crippen molar-refractivity contribution in [3.8, 4) is 0 Å². The number of aromatic nitrogens is 3. The molecule has 0 unspecified atom stereocenters. The van der Waals surface area contributed by atoms with Crippen molar-refractivity contribution in [1.82, 2.24) is 20.3 Å². The zero-order chi connectivity index (χ0) is 28.0. The Morgan fingerprint density at radius 3 is 2.21 bits per heavy atom. The van der Waals surface area contributed by atoms with E-state index in [1.807, 2.05) is 13.8 Å². The second-order valence-corrected chi connectivity index (χ2v) is 11.6. The van der Waals surface area contributed by atoms with E-state index in [1.54, 1.807) is 24.9 Å². The van der Waals surface area contributed by atoms with Gasteiger partial charge in [0.2, 0.25) is 23.8 Å². The Labute approximate surface area is 242 Å². The van der Waals surface area contributed by atoms with E-state index in [2.05, 4.69) is 36.2 Å². The summed E-state index contributed by atoms with van der Waals surface area (Å²) in [6.07, 6.45) is 12.5. The topological polar surface area (TPSA) is 104 Å². The van der Waals surface area contributed by atoms with Gasteiger partial charge in [-0.25, -0.2) is 4.39 Å². The fourth-order valence-electron chi connectivity index (χ4n) is 5.19. The molecule has 4 rings (SSSR count). The zero-order valence-electron chi connectivity index (χ0n) is 23.6. The molecule has 0 radical (unpaired) electrons. The number of halogens is 2. The molecule has 2 saturated carbocycles. The van der Waals surface area contributed by atoms with Crippen molar-refractivity contribution in [1.29, 1.82) is 0 Å². The molecule has 1 amide bonds. The maximum atomic E-state index is 14.1. The monoisotopic (exact) mass is 581 g/mol. The Balaban J connectivity index is 0.00000205. The van der Waals surface area contributed by atoms with Crippen LogP contribution in [0.5, 0.6) is 0 Å². The third kappa shape index (κ3) is 10.1. The molecule has 218 valence electrons. The number of rotatable bonds is 11. The van der Waals surface area contributed by atoms with Crippen molar-refractivity contribution >= 4 is 47.1 Å². The lowest BCUT2D eigenvalue weighted by atomic mass is 9.85. The lowest BCUT2D eigenvalue weighted by Gasteiger charge is -2.28. The molecule has 11 heteroatoms. The Morgan fingerprint density at radius 1 is 0.974 bits per heavy atom. The van der Waals surface area contributed by atoms with E-state index in [0.29, 0.717) is 59.6 Å². The van der Waals surface area contributed by atoms with Gasteiger partial charge in [0.15, 0.2) is 0 Å². The normalized spacial score (nSPS) is 21.8. The summed E-state index contributed by atoms with van der Waals surface area (Å²) < 4.78 is 14.1. The third-order valence-corrected chi connectivity index (χ3v) is 8.73. The first-order chi connectivity index (χ1) is 19.0. The van der Waals surface area contributed by atoms with Gasteiger partial charge in [0.05, 0.1) is 0 Å². The van der Waals surface area contributed by atoms with Gasteiger partial charge in [-0.15, -0.1) is 0 Å². The summed E-state index contributed by atoms with van der Waals surface area (Å²) >= 11 is 7.86. The van der Waals surface area contributed by atoms with Crippen LogP contribution in [0.2, 0.25) is 0 Å². The SMILES string of the molecule is CC.CNC(=O)C1CCC(Nc2nc(NCCSCC3=C(Cl)CCC=C3F)nc(NC3CCCCC3)n2)CC1. The molecule has 0 saturated heterocycles. The Hall–Kier alpha value is -2.07. The zero-order valence-corrected chi connectivity index (χ0v) is 25.2. The minimum absolute atomic E-state index is 0.0860.